The minimum atomic E-state index is -1.03. The fraction of sp³-hybridized carbons (Fsp3) is 0.250. The molecule has 0 saturated heterocycles. The van der Waals surface area contributed by atoms with E-state index in [1.54, 1.807) is 31.2 Å². The van der Waals surface area contributed by atoms with Crippen molar-refractivity contribution in [2.45, 2.75) is 18.6 Å². The maximum atomic E-state index is 13.2. The molecular weight excluding hydrogens is 386 g/mol. The van der Waals surface area contributed by atoms with Crippen molar-refractivity contribution in [2.24, 2.45) is 0 Å². The topological polar surface area (TPSA) is 66.5 Å². The summed E-state index contributed by atoms with van der Waals surface area (Å²) in [6, 6.07) is 9.87. The van der Waals surface area contributed by atoms with E-state index < -0.39 is 16.9 Å². The fourth-order valence-electron chi connectivity index (χ4n) is 2.82. The molecule has 1 unspecified atom stereocenters. The summed E-state index contributed by atoms with van der Waals surface area (Å²) in [5.74, 6) is -2.38. The highest BCUT2D eigenvalue weighted by Crippen LogP contribution is 2.23. The van der Waals surface area contributed by atoms with Crippen molar-refractivity contribution >= 4 is 35.2 Å². The highest BCUT2D eigenvalue weighted by atomic mass is 32.2. The summed E-state index contributed by atoms with van der Waals surface area (Å²) >= 11 is 1.35. The van der Waals surface area contributed by atoms with E-state index in [0.29, 0.717) is 23.3 Å². The molecule has 1 heterocycles. The molecule has 0 aliphatic carbocycles. The Hall–Kier alpha value is -2.74. The second-order valence-electron chi connectivity index (χ2n) is 6.29. The van der Waals surface area contributed by atoms with E-state index >= 15 is 0 Å². The van der Waals surface area contributed by atoms with Crippen molar-refractivity contribution in [3.05, 3.63) is 65.2 Å². The number of thioether (sulfide) groups is 1. The normalized spacial score (nSPS) is 14.2. The number of benzene rings is 2. The first-order valence-corrected chi connectivity index (χ1v) is 9.76. The van der Waals surface area contributed by atoms with Crippen LogP contribution in [0.25, 0.3) is 0 Å². The van der Waals surface area contributed by atoms with Gasteiger partial charge in [-0.15, -0.1) is 11.8 Å². The Balaban J connectivity index is 1.45. The van der Waals surface area contributed by atoms with Crippen LogP contribution in [0, 0.1) is 11.6 Å². The van der Waals surface area contributed by atoms with E-state index in [1.165, 1.54) is 22.7 Å². The van der Waals surface area contributed by atoms with Crippen LogP contribution in [0.5, 0.6) is 0 Å². The van der Waals surface area contributed by atoms with Gasteiger partial charge in [-0.1, -0.05) is 12.1 Å². The monoisotopic (exact) mass is 404 g/mol. The van der Waals surface area contributed by atoms with Crippen LogP contribution >= 0.6 is 11.8 Å². The van der Waals surface area contributed by atoms with E-state index in [1.807, 2.05) is 0 Å². The third kappa shape index (κ3) is 4.22. The van der Waals surface area contributed by atoms with Crippen molar-refractivity contribution < 1.29 is 23.2 Å². The highest BCUT2D eigenvalue weighted by Gasteiger charge is 2.34. The van der Waals surface area contributed by atoms with E-state index in [4.69, 9.17) is 0 Å². The van der Waals surface area contributed by atoms with Gasteiger partial charge in [-0.2, -0.15) is 0 Å². The summed E-state index contributed by atoms with van der Waals surface area (Å²) in [4.78, 5) is 37.9. The molecule has 0 fully saturated rings. The number of carbonyl (C=O) groups is 3. The van der Waals surface area contributed by atoms with Gasteiger partial charge in [0.25, 0.3) is 11.8 Å². The second-order valence-corrected chi connectivity index (χ2v) is 7.74. The Kier molecular flexibility index (Phi) is 6.08. The van der Waals surface area contributed by atoms with Gasteiger partial charge < -0.3 is 5.32 Å². The van der Waals surface area contributed by atoms with Crippen LogP contribution in [0.2, 0.25) is 0 Å². The lowest BCUT2D eigenvalue weighted by Crippen LogP contribution is -2.31. The number of nitrogens with zero attached hydrogens (tertiary/aromatic N) is 1. The van der Waals surface area contributed by atoms with E-state index in [0.717, 1.165) is 12.1 Å². The number of fused-ring (bicyclic) bond motifs is 1. The van der Waals surface area contributed by atoms with Crippen molar-refractivity contribution in [3.63, 3.8) is 0 Å². The first-order chi connectivity index (χ1) is 13.4. The molecule has 3 rings (SSSR count). The van der Waals surface area contributed by atoms with Crippen LogP contribution < -0.4 is 5.32 Å². The maximum absolute atomic E-state index is 13.2. The van der Waals surface area contributed by atoms with Gasteiger partial charge in [-0.25, -0.2) is 8.78 Å². The van der Waals surface area contributed by atoms with Gasteiger partial charge in [0, 0.05) is 18.3 Å². The lowest BCUT2D eigenvalue weighted by atomic mass is 10.1. The van der Waals surface area contributed by atoms with Gasteiger partial charge in [0.05, 0.1) is 16.4 Å². The van der Waals surface area contributed by atoms with Crippen LogP contribution in [0.15, 0.2) is 42.5 Å². The molecule has 28 heavy (non-hydrogen) atoms. The predicted molar refractivity (Wildman–Crippen MR) is 103 cm³/mol. The molecule has 1 aliphatic heterocycles. The molecule has 3 amide bonds. The number of nitrogens with one attached hydrogen (secondary N) is 1. The van der Waals surface area contributed by atoms with Gasteiger partial charge in [0.1, 0.15) is 0 Å². The van der Waals surface area contributed by atoms with Crippen molar-refractivity contribution in [1.82, 2.24) is 4.90 Å². The molecule has 0 bridgehead atoms. The highest BCUT2D eigenvalue weighted by molar-refractivity contribution is 8.00. The van der Waals surface area contributed by atoms with Gasteiger partial charge in [-0.3, -0.25) is 19.3 Å². The Bertz CT molecular complexity index is 900. The zero-order valence-electron chi connectivity index (χ0n) is 15.1. The molecule has 8 heteroatoms. The molecule has 1 atom stereocenters. The van der Waals surface area contributed by atoms with Crippen LogP contribution in [0.3, 0.4) is 0 Å². The summed E-state index contributed by atoms with van der Waals surface area (Å²) in [5, 5.41) is 2.10. The number of amides is 3. The third-order valence-electron chi connectivity index (χ3n) is 4.33. The molecule has 0 spiro atoms. The maximum Gasteiger partial charge on any atom is 0.261 e. The standard InChI is InChI=1S/C20H18F2N2O3S/c1-12(18(25)23-13-7-8-16(21)17(22)11-13)28-10-4-9-24-19(26)14-5-2-3-6-15(14)20(24)27/h2-3,5-8,11-12H,4,9-10H2,1H3,(H,23,25). The molecule has 5 nitrogen and oxygen atoms in total. The smallest absolute Gasteiger partial charge is 0.261 e. The summed E-state index contributed by atoms with van der Waals surface area (Å²) in [7, 11) is 0. The van der Waals surface area contributed by atoms with Crippen molar-refractivity contribution in [2.75, 3.05) is 17.6 Å². The van der Waals surface area contributed by atoms with Gasteiger partial charge in [-0.05, 0) is 43.4 Å². The van der Waals surface area contributed by atoms with E-state index in [9.17, 15) is 23.2 Å². The summed E-state index contributed by atoms with van der Waals surface area (Å²) < 4.78 is 26.1. The number of carbonyl (C=O) groups excluding carboxylic acids is 3. The minimum Gasteiger partial charge on any atom is -0.325 e. The zero-order valence-corrected chi connectivity index (χ0v) is 15.9. The number of hydrogen-bond acceptors (Lipinski definition) is 4. The molecule has 0 radical (unpaired) electrons. The number of rotatable bonds is 7. The third-order valence-corrected chi connectivity index (χ3v) is 5.57. The number of anilines is 1. The van der Waals surface area contributed by atoms with E-state index in [-0.39, 0.29) is 30.0 Å². The molecule has 0 saturated carbocycles. The van der Waals surface area contributed by atoms with Crippen molar-refractivity contribution in [1.29, 1.82) is 0 Å². The Morgan fingerprint density at radius 1 is 1.07 bits per heavy atom. The second kappa shape index (κ2) is 8.52. The Morgan fingerprint density at radius 2 is 1.71 bits per heavy atom. The summed E-state index contributed by atoms with van der Waals surface area (Å²) in [6.45, 7) is 1.97. The van der Waals surface area contributed by atoms with Crippen molar-refractivity contribution in [3.8, 4) is 0 Å². The number of hydrogen-bond donors (Lipinski definition) is 1. The van der Waals surface area contributed by atoms with E-state index in [2.05, 4.69) is 5.32 Å². The Morgan fingerprint density at radius 3 is 2.32 bits per heavy atom. The first-order valence-electron chi connectivity index (χ1n) is 8.71. The van der Waals surface area contributed by atoms with Crippen LogP contribution in [0.4, 0.5) is 14.5 Å². The first kappa shape index (κ1) is 20.0. The summed E-state index contributed by atoms with van der Waals surface area (Å²) in [5.41, 5.74) is 1.02. The molecular formula is C20H18F2N2O3S. The largest absolute Gasteiger partial charge is 0.325 e. The molecule has 0 aromatic heterocycles. The molecule has 1 aliphatic rings. The summed E-state index contributed by atoms with van der Waals surface area (Å²) in [6.07, 6.45) is 0.541. The quantitative estimate of drug-likeness (QED) is 0.564. The van der Waals surface area contributed by atoms with Crippen LogP contribution in [-0.4, -0.2) is 40.2 Å². The van der Waals surface area contributed by atoms with Gasteiger partial charge in [0.2, 0.25) is 5.91 Å². The number of imide groups is 1. The average Bonchev–Trinajstić information content (AvgIpc) is 2.92. The molecule has 2 aromatic rings. The minimum absolute atomic E-state index is 0.183. The SMILES string of the molecule is CC(SCCCN1C(=O)c2ccccc2C1=O)C(=O)Nc1ccc(F)c(F)c1. The van der Waals surface area contributed by atoms with Gasteiger partial charge in [0.15, 0.2) is 11.6 Å². The lowest BCUT2D eigenvalue weighted by Gasteiger charge is -2.15. The van der Waals surface area contributed by atoms with Crippen LogP contribution in [0.1, 0.15) is 34.1 Å². The van der Waals surface area contributed by atoms with Crippen LogP contribution in [-0.2, 0) is 4.79 Å². The fourth-order valence-corrected chi connectivity index (χ4v) is 3.68. The Labute approximate surface area is 165 Å². The molecule has 1 N–H and O–H groups in total. The van der Waals surface area contributed by atoms with Gasteiger partial charge >= 0.3 is 0 Å². The lowest BCUT2D eigenvalue weighted by molar-refractivity contribution is -0.115. The molecule has 2 aromatic carbocycles. The number of halogens is 2. The molecule has 146 valence electrons. The zero-order chi connectivity index (χ0) is 20.3. The predicted octanol–water partition coefficient (Wildman–Crippen LogP) is 3.71. The average molecular weight is 404 g/mol.